The van der Waals surface area contributed by atoms with Crippen LogP contribution in [-0.4, -0.2) is 18.9 Å². The molecule has 0 N–H and O–H groups in total. The number of allylic oxidation sites excluding steroid dienone is 2. The molecular weight excluding hydrogens is 255 g/mol. The highest BCUT2D eigenvalue weighted by Crippen LogP contribution is 2.47. The van der Waals surface area contributed by atoms with Crippen LogP contribution in [-0.2, 0) is 9.09 Å². The molecule has 0 saturated heterocycles. The van der Waals surface area contributed by atoms with Gasteiger partial charge in [-0.3, -0.25) is 4.57 Å². The van der Waals surface area contributed by atoms with Crippen molar-refractivity contribution in [1.29, 1.82) is 0 Å². The van der Waals surface area contributed by atoms with Gasteiger partial charge in [0.1, 0.15) is 0 Å². The van der Waals surface area contributed by atoms with Crippen LogP contribution in [0.5, 0.6) is 0 Å². The minimum absolute atomic E-state index is 0.440. The van der Waals surface area contributed by atoms with Gasteiger partial charge in [-0.05, 0) is 12.0 Å². The lowest BCUT2D eigenvalue weighted by atomic mass is 10.2. The Hall–Kier alpha value is -1.11. The van der Waals surface area contributed by atoms with Gasteiger partial charge in [0, 0.05) is 12.3 Å². The van der Waals surface area contributed by atoms with E-state index in [1.165, 1.54) is 0 Å². The summed E-state index contributed by atoms with van der Waals surface area (Å²) >= 11 is 0. The lowest BCUT2D eigenvalue weighted by Gasteiger charge is -2.15. The van der Waals surface area contributed by atoms with E-state index in [0.717, 1.165) is 18.4 Å². The molecule has 0 fully saturated rings. The summed E-state index contributed by atoms with van der Waals surface area (Å²) in [5.74, 6) is 0. The zero-order valence-electron chi connectivity index (χ0n) is 11.6. The van der Waals surface area contributed by atoms with Crippen molar-refractivity contribution in [3.8, 4) is 0 Å². The molecule has 1 rings (SSSR count). The summed E-state index contributed by atoms with van der Waals surface area (Å²) < 4.78 is 18.1. The maximum absolute atomic E-state index is 12.5. The third kappa shape index (κ3) is 6.56. The SMILES string of the molecule is C=CCP(=O)(C/C=C/c1ccccc1)OCCCC. The van der Waals surface area contributed by atoms with Gasteiger partial charge in [-0.1, -0.05) is 61.9 Å². The van der Waals surface area contributed by atoms with E-state index in [9.17, 15) is 4.57 Å². The summed E-state index contributed by atoms with van der Waals surface area (Å²) in [6.45, 7) is 6.33. The molecule has 0 spiro atoms. The molecule has 1 atom stereocenters. The lowest BCUT2D eigenvalue weighted by molar-refractivity contribution is 0.309. The molecule has 0 amide bonds. The van der Waals surface area contributed by atoms with Crippen LogP contribution in [0.2, 0.25) is 0 Å². The highest BCUT2D eigenvalue weighted by Gasteiger charge is 2.19. The molecule has 0 saturated carbocycles. The summed E-state index contributed by atoms with van der Waals surface area (Å²) in [6, 6.07) is 10.00. The van der Waals surface area contributed by atoms with Gasteiger partial charge in [0.15, 0.2) is 0 Å². The molecule has 2 nitrogen and oxygen atoms in total. The van der Waals surface area contributed by atoms with E-state index in [-0.39, 0.29) is 0 Å². The summed E-state index contributed by atoms with van der Waals surface area (Å²) in [6.07, 6.45) is 8.51. The molecule has 1 unspecified atom stereocenters. The van der Waals surface area contributed by atoms with Crippen LogP contribution in [0.1, 0.15) is 25.3 Å². The van der Waals surface area contributed by atoms with Crippen LogP contribution in [0.3, 0.4) is 0 Å². The Balaban J connectivity index is 2.55. The minimum atomic E-state index is -2.59. The predicted octanol–water partition coefficient (Wildman–Crippen LogP) is 4.98. The van der Waals surface area contributed by atoms with E-state index in [2.05, 4.69) is 13.5 Å². The number of rotatable bonds is 9. The van der Waals surface area contributed by atoms with E-state index < -0.39 is 7.37 Å². The van der Waals surface area contributed by atoms with Gasteiger partial charge in [-0.2, -0.15) is 0 Å². The van der Waals surface area contributed by atoms with Gasteiger partial charge < -0.3 is 4.52 Å². The standard InChI is InChI=1S/C16H23O2P/c1-3-5-13-18-19(17,14-4-2)15-9-12-16-10-7-6-8-11-16/h4,6-12H,2-3,5,13-15H2,1H3/b12-9+. The largest absolute Gasteiger partial charge is 0.328 e. The summed E-state index contributed by atoms with van der Waals surface area (Å²) in [7, 11) is -2.59. The molecule has 1 aromatic carbocycles. The van der Waals surface area contributed by atoms with Crippen molar-refractivity contribution in [3.05, 3.63) is 54.6 Å². The Morgan fingerprint density at radius 3 is 2.63 bits per heavy atom. The van der Waals surface area contributed by atoms with Crippen molar-refractivity contribution >= 4 is 13.4 Å². The van der Waals surface area contributed by atoms with E-state index in [0.29, 0.717) is 18.9 Å². The van der Waals surface area contributed by atoms with Crippen LogP contribution in [0.25, 0.3) is 6.08 Å². The molecule has 0 radical (unpaired) electrons. The average Bonchev–Trinajstić information content (AvgIpc) is 2.40. The van der Waals surface area contributed by atoms with Crippen molar-refractivity contribution in [2.45, 2.75) is 19.8 Å². The highest BCUT2D eigenvalue weighted by atomic mass is 31.2. The van der Waals surface area contributed by atoms with Crippen molar-refractivity contribution in [2.24, 2.45) is 0 Å². The fourth-order valence-electron chi connectivity index (χ4n) is 1.67. The fourth-order valence-corrected chi connectivity index (χ4v) is 3.31. The van der Waals surface area contributed by atoms with Crippen LogP contribution in [0.4, 0.5) is 0 Å². The normalized spacial score (nSPS) is 14.4. The first-order valence-electron chi connectivity index (χ1n) is 6.75. The monoisotopic (exact) mass is 278 g/mol. The van der Waals surface area contributed by atoms with E-state index in [4.69, 9.17) is 4.52 Å². The Labute approximate surface area is 116 Å². The van der Waals surface area contributed by atoms with Gasteiger partial charge >= 0.3 is 0 Å². The minimum Gasteiger partial charge on any atom is -0.328 e. The number of hydrogen-bond acceptors (Lipinski definition) is 2. The second-order valence-corrected chi connectivity index (χ2v) is 7.09. The second-order valence-electron chi connectivity index (χ2n) is 4.47. The average molecular weight is 278 g/mol. The van der Waals surface area contributed by atoms with Gasteiger partial charge in [0.2, 0.25) is 7.37 Å². The van der Waals surface area contributed by atoms with Gasteiger partial charge in [0.25, 0.3) is 0 Å². The predicted molar refractivity (Wildman–Crippen MR) is 83.9 cm³/mol. The third-order valence-electron chi connectivity index (χ3n) is 2.73. The molecule has 0 aromatic heterocycles. The van der Waals surface area contributed by atoms with Crippen LogP contribution >= 0.6 is 7.37 Å². The number of unbranched alkanes of at least 4 members (excludes halogenated alkanes) is 1. The van der Waals surface area contributed by atoms with E-state index in [1.807, 2.05) is 42.5 Å². The van der Waals surface area contributed by atoms with Crippen molar-refractivity contribution < 1.29 is 9.09 Å². The van der Waals surface area contributed by atoms with Crippen molar-refractivity contribution in [1.82, 2.24) is 0 Å². The molecule has 19 heavy (non-hydrogen) atoms. The number of benzene rings is 1. The van der Waals surface area contributed by atoms with Crippen molar-refractivity contribution in [3.63, 3.8) is 0 Å². The van der Waals surface area contributed by atoms with Gasteiger partial charge in [-0.15, -0.1) is 6.58 Å². The first-order chi connectivity index (χ1) is 9.20. The Morgan fingerprint density at radius 1 is 1.26 bits per heavy atom. The molecule has 104 valence electrons. The first kappa shape index (κ1) is 15.9. The molecule has 0 aliphatic carbocycles. The quantitative estimate of drug-likeness (QED) is 0.362. The molecule has 0 aliphatic rings. The number of hydrogen-bond donors (Lipinski definition) is 0. The van der Waals surface area contributed by atoms with E-state index >= 15 is 0 Å². The molecule has 0 bridgehead atoms. The Bertz CT molecular complexity index is 437. The fraction of sp³-hybridized carbons (Fsp3) is 0.375. The molecular formula is C16H23O2P. The maximum atomic E-state index is 12.5. The lowest BCUT2D eigenvalue weighted by Crippen LogP contribution is -1.98. The van der Waals surface area contributed by atoms with Crippen molar-refractivity contribution in [2.75, 3.05) is 18.9 Å². The zero-order chi connectivity index (χ0) is 14.0. The summed E-state index contributed by atoms with van der Waals surface area (Å²) in [4.78, 5) is 0. The zero-order valence-corrected chi connectivity index (χ0v) is 12.5. The Morgan fingerprint density at radius 2 is 2.00 bits per heavy atom. The topological polar surface area (TPSA) is 26.3 Å². The smallest absolute Gasteiger partial charge is 0.210 e. The molecule has 3 heteroatoms. The van der Waals surface area contributed by atoms with E-state index in [1.54, 1.807) is 6.08 Å². The van der Waals surface area contributed by atoms with Crippen LogP contribution in [0, 0.1) is 0 Å². The van der Waals surface area contributed by atoms with Gasteiger partial charge in [-0.25, -0.2) is 0 Å². The van der Waals surface area contributed by atoms with Crippen LogP contribution in [0.15, 0.2) is 49.1 Å². The Kier molecular flexibility index (Phi) is 7.47. The molecule has 1 aromatic rings. The third-order valence-corrected chi connectivity index (χ3v) is 4.96. The summed E-state index contributed by atoms with van der Waals surface area (Å²) in [5.41, 5.74) is 1.11. The summed E-state index contributed by atoms with van der Waals surface area (Å²) in [5, 5.41) is 0. The van der Waals surface area contributed by atoms with Crippen LogP contribution < -0.4 is 0 Å². The highest BCUT2D eigenvalue weighted by molar-refractivity contribution is 7.59. The maximum Gasteiger partial charge on any atom is 0.210 e. The second kappa shape index (κ2) is 8.90. The first-order valence-corrected chi connectivity index (χ1v) is 8.75. The molecule has 0 aliphatic heterocycles. The molecule has 0 heterocycles. The van der Waals surface area contributed by atoms with Gasteiger partial charge in [0.05, 0.1) is 6.61 Å².